The Balaban J connectivity index is 2.27. The van der Waals surface area contributed by atoms with E-state index in [-0.39, 0.29) is 11.3 Å². The van der Waals surface area contributed by atoms with Crippen molar-refractivity contribution >= 4 is 45.6 Å². The quantitative estimate of drug-likeness (QED) is 0.718. The van der Waals surface area contributed by atoms with Gasteiger partial charge >= 0.3 is 0 Å². The summed E-state index contributed by atoms with van der Waals surface area (Å²) in [4.78, 5) is 17.3. The van der Waals surface area contributed by atoms with E-state index in [9.17, 15) is 4.79 Å². The highest BCUT2D eigenvalue weighted by Gasteiger charge is 2.31. The molecule has 0 N–H and O–H groups in total. The highest BCUT2D eigenvalue weighted by molar-refractivity contribution is 7.19. The van der Waals surface area contributed by atoms with Crippen LogP contribution in [-0.2, 0) is 4.79 Å². The summed E-state index contributed by atoms with van der Waals surface area (Å²) in [5.74, 6) is 0.0235. The van der Waals surface area contributed by atoms with Gasteiger partial charge in [0.15, 0.2) is 5.13 Å². The molecule has 3 nitrogen and oxygen atoms in total. The molecule has 1 amide bonds. The van der Waals surface area contributed by atoms with Crippen molar-refractivity contribution in [2.45, 2.75) is 18.7 Å². The molecule has 0 aromatic carbocycles. The van der Waals surface area contributed by atoms with Crippen LogP contribution in [0.4, 0.5) is 5.13 Å². The minimum atomic E-state index is -0.106. The summed E-state index contributed by atoms with van der Waals surface area (Å²) < 4.78 is 0.630. The van der Waals surface area contributed by atoms with E-state index in [1.807, 2.05) is 6.92 Å². The second kappa shape index (κ2) is 3.68. The molecule has 0 radical (unpaired) electrons. The molecule has 1 atom stereocenters. The topological polar surface area (TPSA) is 33.2 Å². The first-order valence-corrected chi connectivity index (χ1v) is 5.78. The average molecular weight is 251 g/mol. The van der Waals surface area contributed by atoms with Crippen molar-refractivity contribution in [1.82, 2.24) is 4.98 Å². The molecule has 0 spiro atoms. The molecule has 0 saturated carbocycles. The fraction of sp³-hybridized carbons (Fsp3) is 0.500. The number of aryl methyl sites for hydroxylation is 1. The largest absolute Gasteiger partial charge is 0.287 e. The Morgan fingerprint density at radius 1 is 1.64 bits per heavy atom. The number of aromatic nitrogens is 1. The third-order valence-electron chi connectivity index (χ3n) is 2.04. The molecule has 0 aliphatic carbocycles. The second-order valence-electron chi connectivity index (χ2n) is 3.16. The van der Waals surface area contributed by atoms with Crippen LogP contribution < -0.4 is 4.90 Å². The summed E-state index contributed by atoms with van der Waals surface area (Å²) in [5.41, 5.74) is 0.762. The standard InChI is InChI=1S/C8H8Cl2N2OS/c1-4-7(10)14-8(11-4)12-3-5(9)2-6(12)13/h5H,2-3H2,1H3. The summed E-state index contributed by atoms with van der Waals surface area (Å²) in [6.07, 6.45) is 0.387. The van der Waals surface area contributed by atoms with Crippen molar-refractivity contribution < 1.29 is 4.79 Å². The van der Waals surface area contributed by atoms with E-state index in [4.69, 9.17) is 23.2 Å². The first-order chi connectivity index (χ1) is 6.58. The van der Waals surface area contributed by atoms with Gasteiger partial charge in [-0.1, -0.05) is 22.9 Å². The normalized spacial score (nSPS) is 22.1. The van der Waals surface area contributed by atoms with Gasteiger partial charge in [0.1, 0.15) is 4.34 Å². The molecule has 1 fully saturated rings. The van der Waals surface area contributed by atoms with Gasteiger partial charge < -0.3 is 0 Å². The molecule has 1 aliphatic heterocycles. The van der Waals surface area contributed by atoms with Gasteiger partial charge in [0.05, 0.1) is 11.1 Å². The van der Waals surface area contributed by atoms with Crippen LogP contribution in [-0.4, -0.2) is 22.8 Å². The molecule has 1 aromatic heterocycles. The first-order valence-electron chi connectivity index (χ1n) is 4.15. The molecule has 1 aliphatic rings. The molecule has 1 saturated heterocycles. The van der Waals surface area contributed by atoms with E-state index in [1.54, 1.807) is 4.90 Å². The van der Waals surface area contributed by atoms with Gasteiger partial charge in [-0.05, 0) is 6.92 Å². The molecule has 1 unspecified atom stereocenters. The van der Waals surface area contributed by atoms with Crippen LogP contribution in [0.5, 0.6) is 0 Å². The number of rotatable bonds is 1. The van der Waals surface area contributed by atoms with Crippen LogP contribution in [0.1, 0.15) is 12.1 Å². The van der Waals surface area contributed by atoms with Crippen molar-refractivity contribution in [3.05, 3.63) is 10.0 Å². The molecule has 14 heavy (non-hydrogen) atoms. The maximum absolute atomic E-state index is 11.5. The molecular formula is C8H8Cl2N2OS. The zero-order valence-electron chi connectivity index (χ0n) is 7.46. The van der Waals surface area contributed by atoms with Gasteiger partial charge in [0, 0.05) is 13.0 Å². The SMILES string of the molecule is Cc1nc(N2CC(Cl)CC2=O)sc1Cl. The van der Waals surface area contributed by atoms with Crippen LogP contribution in [0.25, 0.3) is 0 Å². The zero-order valence-corrected chi connectivity index (χ0v) is 9.79. The summed E-state index contributed by atoms with van der Waals surface area (Å²) >= 11 is 13.1. The Hall–Kier alpha value is -0.320. The number of amides is 1. The van der Waals surface area contributed by atoms with Crippen molar-refractivity contribution in [2.24, 2.45) is 0 Å². The Bertz CT molecular complexity index is 360. The average Bonchev–Trinajstić information content (AvgIpc) is 2.57. The van der Waals surface area contributed by atoms with E-state index in [0.717, 1.165) is 5.69 Å². The lowest BCUT2D eigenvalue weighted by Gasteiger charge is -2.10. The third kappa shape index (κ3) is 1.74. The van der Waals surface area contributed by atoms with Crippen LogP contribution in [0.2, 0.25) is 4.34 Å². The summed E-state index contributed by atoms with van der Waals surface area (Å²) in [7, 11) is 0. The van der Waals surface area contributed by atoms with Crippen molar-refractivity contribution in [1.29, 1.82) is 0 Å². The molecular weight excluding hydrogens is 243 g/mol. The van der Waals surface area contributed by atoms with E-state index in [0.29, 0.717) is 22.4 Å². The number of anilines is 1. The zero-order chi connectivity index (χ0) is 10.3. The Labute approximate surface area is 95.6 Å². The van der Waals surface area contributed by atoms with Crippen LogP contribution in [0.3, 0.4) is 0 Å². The monoisotopic (exact) mass is 250 g/mol. The number of alkyl halides is 1. The summed E-state index contributed by atoms with van der Waals surface area (Å²) in [5, 5.41) is 0.547. The highest BCUT2D eigenvalue weighted by Crippen LogP contribution is 2.33. The fourth-order valence-corrected chi connectivity index (χ4v) is 2.67. The van der Waals surface area contributed by atoms with Crippen molar-refractivity contribution in [3.63, 3.8) is 0 Å². The van der Waals surface area contributed by atoms with Crippen molar-refractivity contribution in [2.75, 3.05) is 11.4 Å². The highest BCUT2D eigenvalue weighted by atomic mass is 35.5. The van der Waals surface area contributed by atoms with Gasteiger partial charge in [-0.3, -0.25) is 9.69 Å². The van der Waals surface area contributed by atoms with Crippen LogP contribution >= 0.6 is 34.5 Å². The number of hydrogen-bond donors (Lipinski definition) is 0. The number of halogens is 2. The maximum Gasteiger partial charge on any atom is 0.230 e. The Morgan fingerprint density at radius 3 is 2.79 bits per heavy atom. The second-order valence-corrected chi connectivity index (χ2v) is 5.36. The van der Waals surface area contributed by atoms with Gasteiger partial charge in [-0.25, -0.2) is 4.98 Å². The summed E-state index contributed by atoms with van der Waals surface area (Å²) in [6.45, 7) is 2.35. The van der Waals surface area contributed by atoms with E-state index in [2.05, 4.69) is 4.98 Å². The number of nitrogens with zero attached hydrogens (tertiary/aromatic N) is 2. The predicted octanol–water partition coefficient (Wildman–Crippen LogP) is 2.45. The Kier molecular flexibility index (Phi) is 2.68. The number of carbonyl (C=O) groups excluding carboxylic acids is 1. The van der Waals surface area contributed by atoms with E-state index >= 15 is 0 Å². The van der Waals surface area contributed by atoms with Crippen molar-refractivity contribution in [3.8, 4) is 0 Å². The van der Waals surface area contributed by atoms with Gasteiger partial charge in [0.25, 0.3) is 0 Å². The minimum Gasteiger partial charge on any atom is -0.287 e. The lowest BCUT2D eigenvalue weighted by atomic mass is 10.4. The summed E-state index contributed by atoms with van der Waals surface area (Å²) in [6, 6.07) is 0. The molecule has 2 rings (SSSR count). The third-order valence-corrected chi connectivity index (χ3v) is 3.80. The molecule has 1 aromatic rings. The lowest BCUT2D eigenvalue weighted by molar-refractivity contribution is -0.117. The van der Waals surface area contributed by atoms with Gasteiger partial charge in [-0.2, -0.15) is 0 Å². The molecule has 6 heteroatoms. The minimum absolute atomic E-state index is 0.0235. The molecule has 0 bridgehead atoms. The van der Waals surface area contributed by atoms with Gasteiger partial charge in [0.2, 0.25) is 5.91 Å². The van der Waals surface area contributed by atoms with E-state index < -0.39 is 0 Å². The predicted molar refractivity (Wildman–Crippen MR) is 58.5 cm³/mol. The number of carbonyl (C=O) groups is 1. The van der Waals surface area contributed by atoms with Crippen LogP contribution in [0, 0.1) is 6.92 Å². The first kappa shape index (κ1) is 10.2. The molecule has 2 heterocycles. The fourth-order valence-electron chi connectivity index (χ4n) is 1.33. The lowest BCUT2D eigenvalue weighted by Crippen LogP contribution is -2.24. The number of thiazole rings is 1. The van der Waals surface area contributed by atoms with Crippen LogP contribution in [0.15, 0.2) is 0 Å². The smallest absolute Gasteiger partial charge is 0.230 e. The Morgan fingerprint density at radius 2 is 2.36 bits per heavy atom. The maximum atomic E-state index is 11.5. The molecule has 76 valence electrons. The van der Waals surface area contributed by atoms with E-state index in [1.165, 1.54) is 11.3 Å². The number of hydrogen-bond acceptors (Lipinski definition) is 3. The van der Waals surface area contributed by atoms with Gasteiger partial charge in [-0.15, -0.1) is 11.6 Å².